The van der Waals surface area contributed by atoms with Crippen LogP contribution < -0.4 is 9.47 Å². The highest BCUT2D eigenvalue weighted by molar-refractivity contribution is 6.06. The number of methoxy groups -OCH3 is 1. The maximum atomic E-state index is 13.5. The van der Waals surface area contributed by atoms with E-state index in [0.29, 0.717) is 29.3 Å². The number of ketones is 1. The fourth-order valence-electron chi connectivity index (χ4n) is 6.49. The number of benzene rings is 2. The molecule has 0 amide bonds. The highest BCUT2D eigenvalue weighted by atomic mass is 16.5. The molecule has 0 N–H and O–H groups in total. The van der Waals surface area contributed by atoms with Gasteiger partial charge in [-0.25, -0.2) is 0 Å². The number of aryl methyl sites for hydroxylation is 1. The number of Topliss-reactive ketones (excluding diaryl/α,β-unsaturated/α-hetero) is 1. The van der Waals surface area contributed by atoms with Crippen molar-refractivity contribution in [3.63, 3.8) is 0 Å². The number of allylic oxidation sites excluding steroid dienone is 1. The van der Waals surface area contributed by atoms with E-state index in [4.69, 9.17) is 9.47 Å². The van der Waals surface area contributed by atoms with Crippen LogP contribution in [0.15, 0.2) is 48.0 Å². The molecule has 0 unspecified atom stereocenters. The van der Waals surface area contributed by atoms with Crippen molar-refractivity contribution in [2.24, 2.45) is 17.3 Å². The molecule has 32 heavy (non-hydrogen) atoms. The first-order valence-electron chi connectivity index (χ1n) is 11.6. The molecule has 2 saturated carbocycles. The Kier molecular flexibility index (Phi) is 5.19. The van der Waals surface area contributed by atoms with E-state index < -0.39 is 0 Å². The fourth-order valence-corrected chi connectivity index (χ4v) is 6.49. The van der Waals surface area contributed by atoms with Crippen molar-refractivity contribution in [3.05, 3.63) is 64.7 Å². The van der Waals surface area contributed by atoms with E-state index in [1.54, 1.807) is 7.11 Å². The number of hydrogen-bond acceptors (Lipinski definition) is 4. The summed E-state index contributed by atoms with van der Waals surface area (Å²) in [5, 5.41) is 0. The number of esters is 1. The molecule has 5 rings (SSSR count). The van der Waals surface area contributed by atoms with Crippen LogP contribution >= 0.6 is 0 Å². The minimum atomic E-state index is -0.285. The van der Waals surface area contributed by atoms with E-state index >= 15 is 0 Å². The topological polar surface area (TPSA) is 52.6 Å². The average Bonchev–Trinajstić information content (AvgIpc) is 3.04. The quantitative estimate of drug-likeness (QED) is 0.354. The molecule has 0 aliphatic heterocycles. The summed E-state index contributed by atoms with van der Waals surface area (Å²) in [6, 6.07) is 14.0. The van der Waals surface area contributed by atoms with Gasteiger partial charge in [0.15, 0.2) is 5.78 Å². The molecule has 0 spiro atoms. The SMILES string of the molecule is COc1ccc(/C=C2\C[C@@H]3[C@H]4CCc5cc(OC(C)=O)ccc5[C@H]4CC[C@@]3(C)C2=O)cc1. The summed E-state index contributed by atoms with van der Waals surface area (Å²) in [7, 11) is 1.66. The summed E-state index contributed by atoms with van der Waals surface area (Å²) < 4.78 is 10.6. The number of hydrogen-bond donors (Lipinski definition) is 0. The Balaban J connectivity index is 1.42. The maximum Gasteiger partial charge on any atom is 0.308 e. The van der Waals surface area contributed by atoms with Gasteiger partial charge in [0.25, 0.3) is 0 Å². The molecule has 2 fully saturated rings. The van der Waals surface area contributed by atoms with Crippen LogP contribution in [0.25, 0.3) is 6.08 Å². The molecule has 0 heterocycles. The van der Waals surface area contributed by atoms with Crippen LogP contribution in [0.3, 0.4) is 0 Å². The molecular formula is C28H30O4. The summed E-state index contributed by atoms with van der Waals surface area (Å²) in [6.45, 7) is 3.63. The molecule has 0 radical (unpaired) electrons. The zero-order valence-corrected chi connectivity index (χ0v) is 19.0. The molecule has 166 valence electrons. The summed E-state index contributed by atoms with van der Waals surface area (Å²) in [6.07, 6.45) is 6.99. The monoisotopic (exact) mass is 430 g/mol. The van der Waals surface area contributed by atoms with Crippen LogP contribution in [-0.4, -0.2) is 18.9 Å². The van der Waals surface area contributed by atoms with Gasteiger partial charge in [-0.15, -0.1) is 0 Å². The molecule has 4 atom stereocenters. The summed E-state index contributed by atoms with van der Waals surface area (Å²) in [5.41, 5.74) is 4.46. The van der Waals surface area contributed by atoms with Crippen molar-refractivity contribution >= 4 is 17.8 Å². The molecule has 4 heteroatoms. The first kappa shape index (κ1) is 21.0. The van der Waals surface area contributed by atoms with Crippen LogP contribution in [0, 0.1) is 17.3 Å². The second-order valence-corrected chi connectivity index (χ2v) is 9.80. The zero-order chi connectivity index (χ0) is 22.5. The van der Waals surface area contributed by atoms with Crippen molar-refractivity contribution in [1.29, 1.82) is 0 Å². The van der Waals surface area contributed by atoms with Gasteiger partial charge in [0.1, 0.15) is 11.5 Å². The molecule has 3 aliphatic rings. The standard InChI is InChI=1S/C28H30O4/c1-17(29)32-22-9-11-23-19(15-22)6-10-25-24(23)12-13-28(2)26(25)16-20(27(28)30)14-18-4-7-21(31-3)8-5-18/h4-5,7-9,11,14-15,24-26H,6,10,12-13,16H2,1-3H3/b20-14+/t24-,25+,26-,28-/m1/s1. The Morgan fingerprint density at radius 3 is 2.56 bits per heavy atom. The highest BCUT2D eigenvalue weighted by Crippen LogP contribution is 2.60. The van der Waals surface area contributed by atoms with Gasteiger partial charge < -0.3 is 9.47 Å². The molecule has 2 aromatic carbocycles. The van der Waals surface area contributed by atoms with E-state index in [2.05, 4.69) is 19.1 Å². The third kappa shape index (κ3) is 3.46. The molecule has 3 aliphatic carbocycles. The Morgan fingerprint density at radius 1 is 1.09 bits per heavy atom. The van der Waals surface area contributed by atoms with E-state index in [1.165, 1.54) is 18.1 Å². The Labute approximate surface area is 189 Å². The van der Waals surface area contributed by atoms with Gasteiger partial charge in [0, 0.05) is 12.3 Å². The molecule has 0 saturated heterocycles. The van der Waals surface area contributed by atoms with E-state index in [-0.39, 0.29) is 11.4 Å². The Bertz CT molecular complexity index is 1100. The summed E-state index contributed by atoms with van der Waals surface area (Å²) in [4.78, 5) is 24.8. The minimum absolute atomic E-state index is 0.255. The predicted octanol–water partition coefficient (Wildman–Crippen LogP) is 5.74. The highest BCUT2D eigenvalue weighted by Gasteiger charge is 2.56. The Hall–Kier alpha value is -2.88. The normalized spacial score (nSPS) is 29.8. The van der Waals surface area contributed by atoms with Gasteiger partial charge in [-0.3, -0.25) is 9.59 Å². The third-order valence-corrected chi connectivity index (χ3v) is 8.06. The largest absolute Gasteiger partial charge is 0.497 e. The van der Waals surface area contributed by atoms with Gasteiger partial charge in [-0.05, 0) is 102 Å². The van der Waals surface area contributed by atoms with Gasteiger partial charge in [0.2, 0.25) is 0 Å². The van der Waals surface area contributed by atoms with Crippen molar-refractivity contribution < 1.29 is 19.1 Å². The van der Waals surface area contributed by atoms with E-state index in [0.717, 1.165) is 49.0 Å². The van der Waals surface area contributed by atoms with Gasteiger partial charge in [-0.2, -0.15) is 0 Å². The molecule has 2 aromatic rings. The lowest BCUT2D eigenvalue weighted by atomic mass is 9.55. The lowest BCUT2D eigenvalue weighted by Gasteiger charge is -2.48. The zero-order valence-electron chi connectivity index (χ0n) is 19.0. The van der Waals surface area contributed by atoms with Gasteiger partial charge in [-0.1, -0.05) is 25.1 Å². The van der Waals surface area contributed by atoms with E-state index in [9.17, 15) is 9.59 Å². The van der Waals surface area contributed by atoms with Gasteiger partial charge >= 0.3 is 5.97 Å². The number of fused-ring (bicyclic) bond motifs is 5. The summed E-state index contributed by atoms with van der Waals surface area (Å²) >= 11 is 0. The van der Waals surface area contributed by atoms with Crippen molar-refractivity contribution in [1.82, 2.24) is 0 Å². The summed E-state index contributed by atoms with van der Waals surface area (Å²) in [5.74, 6) is 2.91. The number of rotatable bonds is 3. The third-order valence-electron chi connectivity index (χ3n) is 8.06. The first-order valence-corrected chi connectivity index (χ1v) is 11.6. The van der Waals surface area contributed by atoms with Crippen molar-refractivity contribution in [3.8, 4) is 11.5 Å². The van der Waals surface area contributed by atoms with Crippen LogP contribution in [-0.2, 0) is 16.0 Å². The van der Waals surface area contributed by atoms with Crippen LogP contribution in [0.5, 0.6) is 11.5 Å². The van der Waals surface area contributed by atoms with Crippen molar-refractivity contribution in [2.45, 2.75) is 51.9 Å². The van der Waals surface area contributed by atoms with Crippen molar-refractivity contribution in [2.75, 3.05) is 7.11 Å². The lowest BCUT2D eigenvalue weighted by Crippen LogP contribution is -2.42. The predicted molar refractivity (Wildman–Crippen MR) is 124 cm³/mol. The number of ether oxygens (including phenoxy) is 2. The molecule has 0 aromatic heterocycles. The first-order chi connectivity index (χ1) is 15.4. The number of carbonyl (C=O) groups is 2. The second-order valence-electron chi connectivity index (χ2n) is 9.80. The molecule has 4 nitrogen and oxygen atoms in total. The number of carbonyl (C=O) groups excluding carboxylic acids is 2. The average molecular weight is 431 g/mol. The van der Waals surface area contributed by atoms with Crippen LogP contribution in [0.4, 0.5) is 0 Å². The minimum Gasteiger partial charge on any atom is -0.497 e. The van der Waals surface area contributed by atoms with Gasteiger partial charge in [0.05, 0.1) is 7.11 Å². The fraction of sp³-hybridized carbons (Fsp3) is 0.429. The maximum absolute atomic E-state index is 13.5. The molecule has 0 bridgehead atoms. The lowest BCUT2D eigenvalue weighted by molar-refractivity contribution is -0.132. The second kappa shape index (κ2) is 7.91. The molecular weight excluding hydrogens is 400 g/mol. The Morgan fingerprint density at radius 2 is 1.84 bits per heavy atom. The smallest absolute Gasteiger partial charge is 0.308 e. The van der Waals surface area contributed by atoms with E-state index in [1.807, 2.05) is 36.4 Å². The van der Waals surface area contributed by atoms with Crippen LogP contribution in [0.2, 0.25) is 0 Å². The van der Waals surface area contributed by atoms with Crippen LogP contribution in [0.1, 0.15) is 62.1 Å².